The van der Waals surface area contributed by atoms with Gasteiger partial charge in [0.25, 0.3) is 0 Å². The van der Waals surface area contributed by atoms with Crippen molar-refractivity contribution in [1.82, 2.24) is 0 Å². The molecular weight excluding hydrogens is 148 g/mol. The predicted molar refractivity (Wildman–Crippen MR) is 46.7 cm³/mol. The van der Waals surface area contributed by atoms with E-state index < -0.39 is 0 Å². The molecule has 0 aliphatic heterocycles. The highest BCUT2D eigenvalue weighted by Crippen LogP contribution is 2.55. The molecule has 3 aliphatic rings. The van der Waals surface area contributed by atoms with Crippen LogP contribution in [0.2, 0.25) is 0 Å². The summed E-state index contributed by atoms with van der Waals surface area (Å²) < 4.78 is 0. The lowest BCUT2D eigenvalue weighted by Crippen LogP contribution is -2.25. The Kier molecular flexibility index (Phi) is 1.38. The van der Waals surface area contributed by atoms with Crippen molar-refractivity contribution in [3.63, 3.8) is 0 Å². The number of hydrogen-bond acceptors (Lipinski definition) is 1. The van der Waals surface area contributed by atoms with Crippen molar-refractivity contribution in [2.24, 2.45) is 23.7 Å². The van der Waals surface area contributed by atoms with Gasteiger partial charge in [0.1, 0.15) is 5.78 Å². The fraction of sp³-hybridized carbons (Fsp3) is 0.909. The second-order valence-corrected chi connectivity index (χ2v) is 4.80. The molecule has 0 N–H and O–H groups in total. The van der Waals surface area contributed by atoms with Gasteiger partial charge in [-0.2, -0.15) is 0 Å². The normalized spacial score (nSPS) is 51.2. The van der Waals surface area contributed by atoms with Gasteiger partial charge in [0.15, 0.2) is 0 Å². The second kappa shape index (κ2) is 2.34. The molecule has 0 aromatic heterocycles. The molecule has 66 valence electrons. The van der Waals surface area contributed by atoms with E-state index in [1.54, 1.807) is 0 Å². The van der Waals surface area contributed by atoms with E-state index in [2.05, 4.69) is 0 Å². The third kappa shape index (κ3) is 0.725. The van der Waals surface area contributed by atoms with Crippen LogP contribution in [0.3, 0.4) is 0 Å². The molecule has 3 aliphatic carbocycles. The van der Waals surface area contributed by atoms with E-state index >= 15 is 0 Å². The minimum atomic E-state index is 0.514. The van der Waals surface area contributed by atoms with Gasteiger partial charge >= 0.3 is 0 Å². The zero-order valence-electron chi connectivity index (χ0n) is 7.46. The van der Waals surface area contributed by atoms with Gasteiger partial charge in [-0.25, -0.2) is 0 Å². The Bertz CT molecular complexity index is 199. The number of hydrogen-bond donors (Lipinski definition) is 0. The Balaban J connectivity index is 1.92. The number of rotatable bonds is 0. The SMILES string of the molecule is O=C1[C@H]2CC[C@@H]1[C@@H]1CCCC[C@@H]12. The molecule has 12 heavy (non-hydrogen) atoms. The van der Waals surface area contributed by atoms with Crippen LogP contribution < -0.4 is 0 Å². The minimum absolute atomic E-state index is 0.514. The second-order valence-electron chi connectivity index (χ2n) is 4.80. The predicted octanol–water partition coefficient (Wildman–Crippen LogP) is 2.40. The van der Waals surface area contributed by atoms with Crippen LogP contribution in [0.15, 0.2) is 0 Å². The first-order valence-corrected chi connectivity index (χ1v) is 5.41. The molecule has 0 radical (unpaired) electrons. The van der Waals surface area contributed by atoms with Crippen LogP contribution in [0, 0.1) is 23.7 Å². The highest BCUT2D eigenvalue weighted by atomic mass is 16.1. The summed E-state index contributed by atoms with van der Waals surface area (Å²) in [6.07, 6.45) is 7.94. The maximum atomic E-state index is 11.7. The fourth-order valence-corrected chi connectivity index (χ4v) is 3.96. The van der Waals surface area contributed by atoms with Gasteiger partial charge in [0.05, 0.1) is 0 Å². The van der Waals surface area contributed by atoms with Crippen LogP contribution in [-0.4, -0.2) is 5.78 Å². The van der Waals surface area contributed by atoms with Crippen LogP contribution in [0.4, 0.5) is 0 Å². The molecule has 0 amide bonds. The summed E-state index contributed by atoms with van der Waals surface area (Å²) in [4.78, 5) is 11.7. The lowest BCUT2D eigenvalue weighted by Gasteiger charge is -2.33. The molecule has 0 unspecified atom stereocenters. The maximum Gasteiger partial charge on any atom is 0.139 e. The summed E-state index contributed by atoms with van der Waals surface area (Å²) in [6, 6.07) is 0. The Labute approximate surface area is 73.5 Å². The standard InChI is InChI=1S/C11H16O/c12-11-9-5-6-10(11)8-4-2-1-3-7(8)9/h7-10H,1-6H2/t7-,8+,9-,10+. The van der Waals surface area contributed by atoms with Crippen LogP contribution >= 0.6 is 0 Å². The van der Waals surface area contributed by atoms with Crippen molar-refractivity contribution in [3.05, 3.63) is 0 Å². The number of Topliss-reactive ketones (excluding diaryl/α,β-unsaturated/α-hetero) is 1. The first-order valence-electron chi connectivity index (χ1n) is 5.41. The highest BCUT2D eigenvalue weighted by molar-refractivity contribution is 5.88. The molecule has 3 saturated carbocycles. The van der Waals surface area contributed by atoms with E-state index in [1.165, 1.54) is 38.5 Å². The average molecular weight is 164 g/mol. The van der Waals surface area contributed by atoms with Gasteiger partial charge in [0, 0.05) is 11.8 Å². The number of fused-ring (bicyclic) bond motifs is 5. The smallest absolute Gasteiger partial charge is 0.139 e. The fourth-order valence-electron chi connectivity index (χ4n) is 3.96. The first kappa shape index (κ1) is 7.11. The van der Waals surface area contributed by atoms with Crippen molar-refractivity contribution in [2.75, 3.05) is 0 Å². The molecule has 0 aromatic rings. The van der Waals surface area contributed by atoms with E-state index in [-0.39, 0.29) is 0 Å². The molecule has 3 rings (SSSR count). The zero-order chi connectivity index (χ0) is 8.13. The lowest BCUT2D eigenvalue weighted by molar-refractivity contribution is -0.122. The van der Waals surface area contributed by atoms with Gasteiger partial charge in [-0.3, -0.25) is 4.79 Å². The summed E-state index contributed by atoms with van der Waals surface area (Å²) in [6.45, 7) is 0. The van der Waals surface area contributed by atoms with Crippen molar-refractivity contribution < 1.29 is 4.79 Å². The summed E-state index contributed by atoms with van der Waals surface area (Å²) in [5.41, 5.74) is 0. The molecule has 0 saturated heterocycles. The molecule has 3 fully saturated rings. The maximum absolute atomic E-state index is 11.7. The number of carbonyl (C=O) groups excluding carboxylic acids is 1. The molecule has 2 bridgehead atoms. The third-order valence-corrected chi connectivity index (χ3v) is 4.43. The number of ketones is 1. The van der Waals surface area contributed by atoms with Gasteiger partial charge in [-0.15, -0.1) is 0 Å². The van der Waals surface area contributed by atoms with E-state index in [0.717, 1.165) is 11.8 Å². The van der Waals surface area contributed by atoms with Crippen molar-refractivity contribution in [2.45, 2.75) is 38.5 Å². The minimum Gasteiger partial charge on any atom is -0.299 e. The monoisotopic (exact) mass is 164 g/mol. The van der Waals surface area contributed by atoms with Crippen LogP contribution in [0.25, 0.3) is 0 Å². The summed E-state index contributed by atoms with van der Waals surface area (Å²) in [5, 5.41) is 0. The summed E-state index contributed by atoms with van der Waals surface area (Å²) >= 11 is 0. The lowest BCUT2D eigenvalue weighted by atomic mass is 9.71. The van der Waals surface area contributed by atoms with Crippen LogP contribution in [-0.2, 0) is 4.79 Å². The van der Waals surface area contributed by atoms with Gasteiger partial charge in [-0.1, -0.05) is 12.8 Å². The van der Waals surface area contributed by atoms with Gasteiger partial charge < -0.3 is 0 Å². The average Bonchev–Trinajstić information content (AvgIpc) is 2.61. The molecule has 0 heterocycles. The van der Waals surface area contributed by atoms with E-state index in [9.17, 15) is 4.79 Å². The third-order valence-electron chi connectivity index (χ3n) is 4.43. The molecule has 1 nitrogen and oxygen atoms in total. The Morgan fingerprint density at radius 1 is 0.833 bits per heavy atom. The summed E-state index contributed by atoms with van der Waals surface area (Å²) in [7, 11) is 0. The largest absolute Gasteiger partial charge is 0.299 e. The van der Waals surface area contributed by atoms with Crippen molar-refractivity contribution in [3.8, 4) is 0 Å². The summed E-state index contributed by atoms with van der Waals surface area (Å²) in [5.74, 6) is 3.32. The first-order chi connectivity index (χ1) is 5.88. The van der Waals surface area contributed by atoms with E-state index in [1.807, 2.05) is 0 Å². The van der Waals surface area contributed by atoms with Gasteiger partial charge in [0.2, 0.25) is 0 Å². The Morgan fingerprint density at radius 3 is 1.83 bits per heavy atom. The van der Waals surface area contributed by atoms with E-state index in [4.69, 9.17) is 0 Å². The molecular formula is C11H16O. The van der Waals surface area contributed by atoms with Crippen molar-refractivity contribution >= 4 is 5.78 Å². The van der Waals surface area contributed by atoms with Crippen molar-refractivity contribution in [1.29, 1.82) is 0 Å². The van der Waals surface area contributed by atoms with Crippen LogP contribution in [0.1, 0.15) is 38.5 Å². The van der Waals surface area contributed by atoms with Gasteiger partial charge in [-0.05, 0) is 37.5 Å². The molecule has 0 spiro atoms. The quantitative estimate of drug-likeness (QED) is 0.537. The molecule has 1 heteroatoms. The zero-order valence-corrected chi connectivity index (χ0v) is 7.46. The topological polar surface area (TPSA) is 17.1 Å². The van der Waals surface area contributed by atoms with E-state index in [0.29, 0.717) is 17.6 Å². The highest BCUT2D eigenvalue weighted by Gasteiger charge is 2.53. The Hall–Kier alpha value is -0.330. The Morgan fingerprint density at radius 2 is 1.33 bits per heavy atom. The van der Waals surface area contributed by atoms with Crippen LogP contribution in [0.5, 0.6) is 0 Å². The molecule has 4 atom stereocenters. The molecule has 0 aromatic carbocycles. The number of carbonyl (C=O) groups is 1.